The highest BCUT2D eigenvalue weighted by atomic mass is 35.5. The topological polar surface area (TPSA) is 73.6 Å². The quantitative estimate of drug-likeness (QED) is 0.731. The van der Waals surface area contributed by atoms with Gasteiger partial charge in [0.05, 0.1) is 0 Å². The lowest BCUT2D eigenvalue weighted by Gasteiger charge is -2.22. The summed E-state index contributed by atoms with van der Waals surface area (Å²) in [5.74, 6) is 0. The minimum absolute atomic E-state index is 0. The molecule has 0 amide bonds. The van der Waals surface area contributed by atoms with E-state index < -0.39 is 0 Å². The molecule has 2 N–H and O–H groups in total. The number of aromatic nitrogens is 2. The maximum Gasteiger partial charge on any atom is 0.326 e. The van der Waals surface area contributed by atoms with Gasteiger partial charge in [0, 0.05) is 12.2 Å². The molecule has 1 aliphatic heterocycles. The van der Waals surface area contributed by atoms with Gasteiger partial charge in [-0.1, -0.05) is 0 Å². The van der Waals surface area contributed by atoms with E-state index in [1.807, 2.05) is 6.07 Å². The highest BCUT2D eigenvalue weighted by Gasteiger charge is 2.17. The third-order valence-electron chi connectivity index (χ3n) is 2.57. The molecule has 1 saturated heterocycles. The number of piperidine rings is 1. The van der Waals surface area contributed by atoms with Crippen LogP contribution < -0.4 is 11.0 Å². The molecular weight excluding hydrogens is 216 g/mol. The van der Waals surface area contributed by atoms with Crippen LogP contribution in [-0.2, 0) is 0 Å². The van der Waals surface area contributed by atoms with E-state index in [4.69, 9.17) is 5.26 Å². The number of hydrogen-bond acceptors (Lipinski definition) is 3. The Morgan fingerprint density at radius 3 is 2.67 bits per heavy atom. The molecule has 0 spiro atoms. The first kappa shape index (κ1) is 11.8. The number of aromatic amines is 1. The normalized spacial score (nSPS) is 16.7. The van der Waals surface area contributed by atoms with Crippen LogP contribution in [0.4, 0.5) is 0 Å². The Balaban J connectivity index is 0.00000112. The number of nitrogens with zero attached hydrogens (tertiary/aromatic N) is 2. The predicted octanol–water partition coefficient (Wildman–Crippen LogP) is 0.394. The number of nitriles is 1. The van der Waals surface area contributed by atoms with E-state index in [2.05, 4.69) is 10.3 Å². The second-order valence-corrected chi connectivity index (χ2v) is 3.47. The molecule has 2 heterocycles. The van der Waals surface area contributed by atoms with E-state index in [0.717, 1.165) is 25.9 Å². The lowest BCUT2D eigenvalue weighted by molar-refractivity contribution is 0.361. The van der Waals surface area contributed by atoms with E-state index in [9.17, 15) is 4.79 Å². The van der Waals surface area contributed by atoms with Crippen molar-refractivity contribution in [2.45, 2.75) is 18.9 Å². The van der Waals surface area contributed by atoms with E-state index in [1.54, 1.807) is 10.8 Å². The smallest absolute Gasteiger partial charge is 0.317 e. The number of imidazole rings is 1. The van der Waals surface area contributed by atoms with E-state index in [1.165, 1.54) is 0 Å². The molecule has 2 rings (SSSR count). The van der Waals surface area contributed by atoms with Gasteiger partial charge in [0.15, 0.2) is 0 Å². The lowest BCUT2D eigenvalue weighted by atomic mass is 10.1. The first-order valence-corrected chi connectivity index (χ1v) is 4.73. The van der Waals surface area contributed by atoms with Crippen molar-refractivity contribution in [1.82, 2.24) is 14.9 Å². The maximum absolute atomic E-state index is 11.4. The van der Waals surface area contributed by atoms with Crippen LogP contribution in [0.3, 0.4) is 0 Å². The minimum atomic E-state index is -0.173. The zero-order valence-corrected chi connectivity index (χ0v) is 9.01. The zero-order valence-electron chi connectivity index (χ0n) is 8.19. The number of H-pyrrole nitrogens is 1. The monoisotopic (exact) mass is 228 g/mol. The Morgan fingerprint density at radius 1 is 1.47 bits per heavy atom. The molecule has 0 radical (unpaired) electrons. The maximum atomic E-state index is 11.4. The summed E-state index contributed by atoms with van der Waals surface area (Å²) in [7, 11) is 0. The molecular formula is C9H13ClN4O. The molecule has 82 valence electrons. The van der Waals surface area contributed by atoms with Crippen molar-refractivity contribution in [3.05, 3.63) is 22.4 Å². The fourth-order valence-corrected chi connectivity index (χ4v) is 1.82. The van der Waals surface area contributed by atoms with Gasteiger partial charge in [-0.2, -0.15) is 5.26 Å². The van der Waals surface area contributed by atoms with Gasteiger partial charge in [0.2, 0.25) is 0 Å². The first-order chi connectivity index (χ1) is 6.81. The van der Waals surface area contributed by atoms with Crippen LogP contribution >= 0.6 is 12.4 Å². The van der Waals surface area contributed by atoms with Gasteiger partial charge in [0.25, 0.3) is 0 Å². The SMILES string of the molecule is Cl.N#Cc1cn(C2CCNCC2)c(=O)[nH]1. The average Bonchev–Trinajstić information content (AvgIpc) is 2.61. The summed E-state index contributed by atoms with van der Waals surface area (Å²) in [6, 6.07) is 2.17. The van der Waals surface area contributed by atoms with Gasteiger partial charge in [-0.05, 0) is 25.9 Å². The predicted molar refractivity (Wildman–Crippen MR) is 58.2 cm³/mol. The molecule has 5 nitrogen and oxygen atoms in total. The van der Waals surface area contributed by atoms with Gasteiger partial charge in [-0.25, -0.2) is 4.79 Å². The van der Waals surface area contributed by atoms with Gasteiger partial charge in [-0.15, -0.1) is 12.4 Å². The molecule has 0 unspecified atom stereocenters. The van der Waals surface area contributed by atoms with Gasteiger partial charge in [0.1, 0.15) is 11.8 Å². The molecule has 0 atom stereocenters. The third kappa shape index (κ3) is 2.41. The minimum Gasteiger partial charge on any atom is -0.317 e. The van der Waals surface area contributed by atoms with Gasteiger partial charge < -0.3 is 5.32 Å². The molecule has 1 aromatic rings. The van der Waals surface area contributed by atoms with Crippen molar-refractivity contribution in [3.63, 3.8) is 0 Å². The van der Waals surface area contributed by atoms with Crippen molar-refractivity contribution < 1.29 is 0 Å². The molecule has 1 aliphatic rings. The Labute approximate surface area is 93.5 Å². The molecule has 1 aromatic heterocycles. The first-order valence-electron chi connectivity index (χ1n) is 4.73. The summed E-state index contributed by atoms with van der Waals surface area (Å²) in [4.78, 5) is 14.0. The van der Waals surface area contributed by atoms with Crippen LogP contribution in [0, 0.1) is 11.3 Å². The van der Waals surface area contributed by atoms with Crippen molar-refractivity contribution in [2.75, 3.05) is 13.1 Å². The van der Waals surface area contributed by atoms with Crippen LogP contribution in [0.5, 0.6) is 0 Å². The van der Waals surface area contributed by atoms with Crippen LogP contribution in [-0.4, -0.2) is 22.6 Å². The van der Waals surface area contributed by atoms with E-state index in [0.29, 0.717) is 5.69 Å². The third-order valence-corrected chi connectivity index (χ3v) is 2.57. The molecule has 0 aliphatic carbocycles. The van der Waals surface area contributed by atoms with Crippen LogP contribution in [0.1, 0.15) is 24.6 Å². The van der Waals surface area contributed by atoms with Gasteiger partial charge >= 0.3 is 5.69 Å². The largest absolute Gasteiger partial charge is 0.326 e. The summed E-state index contributed by atoms with van der Waals surface area (Å²) in [5, 5.41) is 11.9. The summed E-state index contributed by atoms with van der Waals surface area (Å²) < 4.78 is 1.64. The Hall–Kier alpha value is -1.25. The van der Waals surface area contributed by atoms with Crippen LogP contribution in [0.2, 0.25) is 0 Å². The highest BCUT2D eigenvalue weighted by Crippen LogP contribution is 2.16. The molecule has 6 heteroatoms. The number of rotatable bonds is 1. The van der Waals surface area contributed by atoms with E-state index in [-0.39, 0.29) is 24.1 Å². The molecule has 15 heavy (non-hydrogen) atoms. The number of halogens is 1. The van der Waals surface area contributed by atoms with Gasteiger partial charge in [-0.3, -0.25) is 9.55 Å². The Morgan fingerprint density at radius 2 is 2.13 bits per heavy atom. The summed E-state index contributed by atoms with van der Waals surface area (Å²) >= 11 is 0. The summed E-state index contributed by atoms with van der Waals surface area (Å²) in [6.07, 6.45) is 3.50. The highest BCUT2D eigenvalue weighted by molar-refractivity contribution is 5.85. The summed E-state index contributed by atoms with van der Waals surface area (Å²) in [5.41, 5.74) is 0.169. The average molecular weight is 229 g/mol. The zero-order chi connectivity index (χ0) is 9.97. The van der Waals surface area contributed by atoms with E-state index >= 15 is 0 Å². The van der Waals surface area contributed by atoms with Crippen molar-refractivity contribution in [2.24, 2.45) is 0 Å². The standard InChI is InChI=1S/C9H12N4O.ClH/c10-5-7-6-13(9(14)12-7)8-1-3-11-4-2-8;/h6,8,11H,1-4H2,(H,12,14);1H. The molecule has 0 saturated carbocycles. The van der Waals surface area contributed by atoms with Crippen molar-refractivity contribution in [3.8, 4) is 6.07 Å². The molecule has 0 bridgehead atoms. The molecule has 1 fully saturated rings. The second-order valence-electron chi connectivity index (χ2n) is 3.47. The Bertz CT molecular complexity index is 410. The second kappa shape index (κ2) is 5.01. The number of nitrogens with one attached hydrogen (secondary N) is 2. The van der Waals surface area contributed by atoms with Crippen molar-refractivity contribution >= 4 is 12.4 Å². The molecule has 0 aromatic carbocycles. The Kier molecular flexibility index (Phi) is 3.95. The van der Waals surface area contributed by atoms with Crippen molar-refractivity contribution in [1.29, 1.82) is 5.26 Å². The van der Waals surface area contributed by atoms with Crippen LogP contribution in [0.15, 0.2) is 11.0 Å². The fraction of sp³-hybridized carbons (Fsp3) is 0.556. The summed E-state index contributed by atoms with van der Waals surface area (Å²) in [6.45, 7) is 1.87. The lowest BCUT2D eigenvalue weighted by Crippen LogP contribution is -2.32. The fourth-order valence-electron chi connectivity index (χ4n) is 1.82. The van der Waals surface area contributed by atoms with Crippen LogP contribution in [0.25, 0.3) is 0 Å². The number of hydrogen-bond donors (Lipinski definition) is 2.